The van der Waals surface area contributed by atoms with Crippen LogP contribution in [0.3, 0.4) is 0 Å². The number of hydrogen-bond acceptors (Lipinski definition) is 12. The number of unbranched alkanes of at least 4 members (excludes halogenated alkanes) is 2. The van der Waals surface area contributed by atoms with Crippen molar-refractivity contribution >= 4 is 33.8 Å². The molecule has 2 aliphatic carbocycles. The quantitative estimate of drug-likeness (QED) is 0.0290. The van der Waals surface area contributed by atoms with Crippen LogP contribution in [0.15, 0.2) is 139 Å². The second-order valence-electron chi connectivity index (χ2n) is 17.9. The van der Waals surface area contributed by atoms with Crippen LogP contribution >= 0.6 is 0 Å². The molecule has 1 fully saturated rings. The molecule has 6 atom stereocenters. The van der Waals surface area contributed by atoms with Gasteiger partial charge >= 0.3 is 0 Å². The summed E-state index contributed by atoms with van der Waals surface area (Å²) in [6, 6.07) is 30.5. The maximum atomic E-state index is 15.3. The van der Waals surface area contributed by atoms with Crippen molar-refractivity contribution in [1.29, 1.82) is 0 Å². The van der Waals surface area contributed by atoms with E-state index in [-0.39, 0.29) is 73.6 Å². The number of oxime groups is 1. The molecule has 69 heavy (non-hydrogen) atoms. The highest BCUT2D eigenvalue weighted by molar-refractivity contribution is 6.04. The highest BCUT2D eigenvalue weighted by atomic mass is 16.7. The Morgan fingerprint density at radius 2 is 1.61 bits per heavy atom. The average molecular weight is 939 g/mol. The molecule has 0 bridgehead atoms. The molecule has 5 aromatic carbocycles. The SMILES string of the molecule is C=CCO[C@@]12Oc3ccc(Oc4cccc([N+](=O)[O-])c4)cc3[C@H]3[C@H](CCCCO)[C@@H](CCCCO)C=C(C(=NOCc4ccc([N+](=O)[O-])cc4)C[C@@H]1N(CCC)C(=O)c1ccc4ccccc4c1)[C@H]32. The number of carbonyl (C=O) groups excluding carboxylic acids is 1. The second kappa shape index (κ2) is 22.0. The van der Waals surface area contributed by atoms with E-state index in [9.17, 15) is 30.4 Å². The van der Waals surface area contributed by atoms with Crippen molar-refractivity contribution in [1.82, 2.24) is 4.90 Å². The molecule has 0 unspecified atom stereocenters. The lowest BCUT2D eigenvalue weighted by molar-refractivity contribution is -0.385. The number of benzene rings is 5. The fourth-order valence-corrected chi connectivity index (χ4v) is 10.5. The first kappa shape index (κ1) is 48.5. The summed E-state index contributed by atoms with van der Waals surface area (Å²) in [7, 11) is 0. The largest absolute Gasteiger partial charge is 0.459 e. The molecule has 0 saturated heterocycles. The number of aliphatic hydroxyl groups is 2. The molecule has 1 heterocycles. The van der Waals surface area contributed by atoms with Crippen molar-refractivity contribution in [2.75, 3.05) is 26.4 Å². The van der Waals surface area contributed by atoms with Crippen molar-refractivity contribution < 1.29 is 43.9 Å². The van der Waals surface area contributed by atoms with Crippen LogP contribution in [0.25, 0.3) is 10.8 Å². The van der Waals surface area contributed by atoms with Crippen LogP contribution in [-0.4, -0.2) is 74.8 Å². The van der Waals surface area contributed by atoms with Gasteiger partial charge in [-0.05, 0) is 114 Å². The van der Waals surface area contributed by atoms with Gasteiger partial charge in [0, 0.05) is 61.4 Å². The van der Waals surface area contributed by atoms with Gasteiger partial charge in [0.2, 0.25) is 5.79 Å². The van der Waals surface area contributed by atoms with E-state index < -0.39 is 27.6 Å². The number of aliphatic hydroxyl groups excluding tert-OH is 2. The predicted octanol–water partition coefficient (Wildman–Crippen LogP) is 10.8. The van der Waals surface area contributed by atoms with E-state index in [0.717, 1.165) is 41.2 Å². The Hall–Kier alpha value is -6.94. The lowest BCUT2D eigenvalue weighted by Gasteiger charge is -2.60. The summed E-state index contributed by atoms with van der Waals surface area (Å²) in [5.41, 5.74) is 3.27. The zero-order valence-electron chi connectivity index (χ0n) is 38.7. The summed E-state index contributed by atoms with van der Waals surface area (Å²) >= 11 is 0. The normalized spacial score (nSPS) is 21.9. The molecule has 1 saturated carbocycles. The summed E-state index contributed by atoms with van der Waals surface area (Å²) < 4.78 is 20.9. The Bertz CT molecular complexity index is 2720. The second-order valence-corrected chi connectivity index (χ2v) is 17.9. The minimum Gasteiger partial charge on any atom is -0.459 e. The van der Waals surface area contributed by atoms with Gasteiger partial charge in [0.15, 0.2) is 0 Å². The molecule has 1 amide bonds. The van der Waals surface area contributed by atoms with Gasteiger partial charge in [-0.2, -0.15) is 0 Å². The van der Waals surface area contributed by atoms with Crippen LogP contribution in [0, 0.1) is 38.0 Å². The first-order chi connectivity index (χ1) is 33.6. The molecule has 2 N–H and O–H groups in total. The maximum Gasteiger partial charge on any atom is 0.273 e. The van der Waals surface area contributed by atoms with E-state index in [0.29, 0.717) is 60.6 Å². The number of allylic oxidation sites excluding steroid dienone is 1. The number of nitro benzene ring substituents is 2. The summed E-state index contributed by atoms with van der Waals surface area (Å²) in [4.78, 5) is 45.6. The molecular formula is C54H58N4O11. The number of nitro groups is 2. The van der Waals surface area contributed by atoms with Crippen molar-refractivity contribution in [3.63, 3.8) is 0 Å². The van der Waals surface area contributed by atoms with Crippen LogP contribution in [0.4, 0.5) is 11.4 Å². The lowest BCUT2D eigenvalue weighted by Crippen LogP contribution is -2.70. The molecule has 1 aliphatic heterocycles. The summed E-state index contributed by atoms with van der Waals surface area (Å²) in [5.74, 6) is -1.53. The van der Waals surface area contributed by atoms with E-state index in [1.165, 1.54) is 24.3 Å². The van der Waals surface area contributed by atoms with Gasteiger partial charge in [-0.25, -0.2) is 0 Å². The topological polar surface area (TPSA) is 196 Å². The fraction of sp³-hybridized carbons (Fsp3) is 0.370. The number of amides is 1. The van der Waals surface area contributed by atoms with Crippen molar-refractivity contribution in [2.45, 2.75) is 82.6 Å². The van der Waals surface area contributed by atoms with Crippen LogP contribution in [0.2, 0.25) is 0 Å². The number of ether oxygens (including phenoxy) is 3. The fourth-order valence-electron chi connectivity index (χ4n) is 10.5. The minimum atomic E-state index is -1.51. The van der Waals surface area contributed by atoms with Gasteiger partial charge in [0.25, 0.3) is 17.3 Å². The van der Waals surface area contributed by atoms with Gasteiger partial charge in [0.05, 0.1) is 34.1 Å². The Kier molecular flexibility index (Phi) is 15.5. The molecule has 15 nitrogen and oxygen atoms in total. The highest BCUT2D eigenvalue weighted by Crippen LogP contribution is 2.62. The third-order valence-corrected chi connectivity index (χ3v) is 13.6. The molecule has 5 aromatic rings. The molecule has 360 valence electrons. The zero-order valence-corrected chi connectivity index (χ0v) is 38.7. The molecule has 0 aromatic heterocycles. The zero-order chi connectivity index (χ0) is 48.5. The van der Waals surface area contributed by atoms with Gasteiger partial charge in [-0.3, -0.25) is 25.0 Å². The standard InChI is InChI=1S/C54H58N4O11/c1-3-26-56(53(61)40-21-20-37-12-5-6-13-38(37)30-40)50-34-48(55-67-35-36-18-22-41(23-19-36)57(62)63)46-31-39(14-7-9-27-59)45(17-8-10-28-60)51-47-33-44(68-43-16-11-15-42(32-43)58(64)65)24-25-49(47)69-54(50,52(46)51)66-29-4-2/h4-6,11-13,15-16,18-25,30-33,39,45,50-52,59-60H,2-3,7-10,14,17,26-29,34-35H2,1H3/t39-,45+,50-,51+,52+,54+/m0/s1. The van der Waals surface area contributed by atoms with E-state index in [1.807, 2.05) is 66.4 Å². The number of non-ortho nitro benzene ring substituents is 2. The third kappa shape index (κ3) is 10.4. The van der Waals surface area contributed by atoms with Crippen molar-refractivity contribution in [3.05, 3.63) is 170 Å². The molecule has 8 rings (SSSR count). The van der Waals surface area contributed by atoms with Crippen LogP contribution in [0.1, 0.15) is 85.7 Å². The summed E-state index contributed by atoms with van der Waals surface area (Å²) in [5, 5.41) is 50.0. The van der Waals surface area contributed by atoms with Crippen LogP contribution in [0.5, 0.6) is 17.2 Å². The van der Waals surface area contributed by atoms with Gasteiger partial charge < -0.3 is 34.2 Å². The number of hydrogen-bond donors (Lipinski definition) is 2. The Morgan fingerprint density at radius 1 is 0.870 bits per heavy atom. The summed E-state index contributed by atoms with van der Waals surface area (Å²) in [6.45, 7) is 6.57. The Morgan fingerprint density at radius 3 is 2.33 bits per heavy atom. The number of nitrogens with zero attached hydrogens (tertiary/aromatic N) is 4. The summed E-state index contributed by atoms with van der Waals surface area (Å²) in [6.07, 6.45) is 8.81. The monoisotopic (exact) mass is 938 g/mol. The third-order valence-electron chi connectivity index (χ3n) is 13.6. The molecule has 3 aliphatic rings. The number of carbonyl (C=O) groups is 1. The Labute approximate surface area is 400 Å². The molecular weight excluding hydrogens is 881 g/mol. The minimum absolute atomic E-state index is 0.0156. The smallest absolute Gasteiger partial charge is 0.273 e. The van der Waals surface area contributed by atoms with Gasteiger partial charge in [-0.15, -0.1) is 6.58 Å². The van der Waals surface area contributed by atoms with Crippen molar-refractivity contribution in [3.8, 4) is 17.2 Å². The van der Waals surface area contributed by atoms with Crippen LogP contribution in [-0.2, 0) is 16.2 Å². The lowest BCUT2D eigenvalue weighted by atomic mass is 9.55. The van der Waals surface area contributed by atoms with Crippen LogP contribution < -0.4 is 9.47 Å². The van der Waals surface area contributed by atoms with Gasteiger partial charge in [-0.1, -0.05) is 73.5 Å². The van der Waals surface area contributed by atoms with Crippen molar-refractivity contribution in [2.24, 2.45) is 22.9 Å². The van der Waals surface area contributed by atoms with E-state index in [2.05, 4.69) is 12.7 Å². The maximum absolute atomic E-state index is 15.3. The Balaban J connectivity index is 1.33. The highest BCUT2D eigenvalue weighted by Gasteiger charge is 2.65. The van der Waals surface area contributed by atoms with Gasteiger partial charge in [0.1, 0.15) is 29.9 Å². The predicted molar refractivity (Wildman–Crippen MR) is 261 cm³/mol. The molecule has 15 heteroatoms. The number of rotatable bonds is 22. The number of fused-ring (bicyclic) bond motifs is 3. The first-order valence-electron chi connectivity index (χ1n) is 23.7. The average Bonchev–Trinajstić information content (AvgIpc) is 3.36. The molecule has 0 radical (unpaired) electrons. The van der Waals surface area contributed by atoms with E-state index >= 15 is 4.79 Å². The molecule has 0 spiro atoms. The van der Waals surface area contributed by atoms with E-state index in [4.69, 9.17) is 24.2 Å². The first-order valence-corrected chi connectivity index (χ1v) is 23.7. The van der Waals surface area contributed by atoms with E-state index in [1.54, 1.807) is 36.4 Å².